The third kappa shape index (κ3) is 4.45. The summed E-state index contributed by atoms with van der Waals surface area (Å²) in [4.78, 5) is 22.6. The fraction of sp³-hybridized carbons (Fsp3) is 0.588. The number of nitrogens with one attached hydrogen (secondary N) is 2. The molecule has 0 bridgehead atoms. The van der Waals surface area contributed by atoms with E-state index in [1.165, 1.54) is 28.6 Å². The number of nitrogens with zero attached hydrogens (tertiary/aromatic N) is 2. The van der Waals surface area contributed by atoms with Gasteiger partial charge in [0, 0.05) is 31.7 Å². The highest BCUT2D eigenvalue weighted by Crippen LogP contribution is 2.28. The molecule has 2 fully saturated rings. The predicted octanol–water partition coefficient (Wildman–Crippen LogP) is 0.864. The largest absolute Gasteiger partial charge is 0.352 e. The standard InChI is InChI=1S/C17H24N4O5S/c22-17(13-5-3-9-18-11-13)19-14-6-4-10-20(12-14)27(25,26)16-8-2-1-7-15(16)21(23)24/h1-2,7-8,13-14,18H,3-6,9-12H2,(H,19,22). The van der Waals surface area contributed by atoms with Crippen molar-refractivity contribution < 1.29 is 18.1 Å². The van der Waals surface area contributed by atoms with Crippen molar-refractivity contribution in [3.63, 3.8) is 0 Å². The van der Waals surface area contributed by atoms with Crippen molar-refractivity contribution in [3.05, 3.63) is 34.4 Å². The Kier molecular flexibility index (Phi) is 6.08. The van der Waals surface area contributed by atoms with Crippen molar-refractivity contribution in [3.8, 4) is 0 Å². The molecule has 2 atom stereocenters. The van der Waals surface area contributed by atoms with Crippen molar-refractivity contribution in [1.29, 1.82) is 0 Å². The molecule has 2 saturated heterocycles. The van der Waals surface area contributed by atoms with Crippen LogP contribution in [-0.2, 0) is 14.8 Å². The molecule has 1 amide bonds. The molecule has 2 aliphatic rings. The lowest BCUT2D eigenvalue weighted by atomic mass is 9.97. The average Bonchev–Trinajstić information content (AvgIpc) is 2.69. The first-order valence-electron chi connectivity index (χ1n) is 9.14. The highest BCUT2D eigenvalue weighted by molar-refractivity contribution is 7.89. The van der Waals surface area contributed by atoms with Gasteiger partial charge < -0.3 is 10.6 Å². The number of hydrogen-bond acceptors (Lipinski definition) is 6. The van der Waals surface area contributed by atoms with Gasteiger partial charge in [0.05, 0.1) is 10.8 Å². The molecule has 2 N–H and O–H groups in total. The number of piperidine rings is 2. The van der Waals surface area contributed by atoms with Crippen LogP contribution in [0.4, 0.5) is 5.69 Å². The molecule has 1 aromatic rings. The lowest BCUT2D eigenvalue weighted by molar-refractivity contribution is -0.387. The summed E-state index contributed by atoms with van der Waals surface area (Å²) < 4.78 is 27.1. The van der Waals surface area contributed by atoms with Crippen molar-refractivity contribution >= 4 is 21.6 Å². The number of carbonyl (C=O) groups excluding carboxylic acids is 1. The third-order valence-electron chi connectivity index (χ3n) is 5.08. The molecular formula is C17H24N4O5S. The maximum atomic E-state index is 12.9. The molecule has 2 aliphatic heterocycles. The predicted molar refractivity (Wildman–Crippen MR) is 98.6 cm³/mol. The minimum absolute atomic E-state index is 0.0582. The van der Waals surface area contributed by atoms with Crippen molar-refractivity contribution in [2.75, 3.05) is 26.2 Å². The zero-order valence-corrected chi connectivity index (χ0v) is 15.8. The second-order valence-electron chi connectivity index (χ2n) is 6.98. The lowest BCUT2D eigenvalue weighted by Gasteiger charge is -2.33. The van der Waals surface area contributed by atoms with E-state index in [1.807, 2.05) is 0 Å². The normalized spacial score (nSPS) is 24.3. The van der Waals surface area contributed by atoms with Gasteiger partial charge in [0.1, 0.15) is 0 Å². The van der Waals surface area contributed by atoms with Crippen LogP contribution in [0.5, 0.6) is 0 Å². The zero-order valence-electron chi connectivity index (χ0n) is 15.0. The summed E-state index contributed by atoms with van der Waals surface area (Å²) in [5, 5.41) is 17.3. The van der Waals surface area contributed by atoms with Crippen LogP contribution < -0.4 is 10.6 Å². The summed E-state index contributed by atoms with van der Waals surface area (Å²) in [5.41, 5.74) is -0.433. The molecule has 0 saturated carbocycles. The van der Waals surface area contributed by atoms with Crippen molar-refractivity contribution in [2.24, 2.45) is 5.92 Å². The number of rotatable bonds is 5. The Morgan fingerprint density at radius 2 is 2.04 bits per heavy atom. The summed E-state index contributed by atoms with van der Waals surface area (Å²) in [6.45, 7) is 1.96. The van der Waals surface area contributed by atoms with Crippen LogP contribution in [0.3, 0.4) is 0 Å². The third-order valence-corrected chi connectivity index (χ3v) is 6.99. The zero-order chi connectivity index (χ0) is 19.4. The van der Waals surface area contributed by atoms with E-state index in [4.69, 9.17) is 0 Å². The number of para-hydroxylation sites is 1. The SMILES string of the molecule is O=C(NC1CCCN(S(=O)(=O)c2ccccc2[N+](=O)[O-])C1)C1CCCNC1. The van der Waals surface area contributed by atoms with Crippen LogP contribution in [0, 0.1) is 16.0 Å². The van der Waals surface area contributed by atoms with Gasteiger partial charge in [0.2, 0.25) is 15.9 Å². The van der Waals surface area contributed by atoms with E-state index in [0.29, 0.717) is 19.4 Å². The van der Waals surface area contributed by atoms with Crippen LogP contribution >= 0.6 is 0 Å². The van der Waals surface area contributed by atoms with E-state index in [-0.39, 0.29) is 35.9 Å². The van der Waals surface area contributed by atoms with Gasteiger partial charge in [0.25, 0.3) is 5.69 Å². The molecule has 148 valence electrons. The smallest absolute Gasteiger partial charge is 0.289 e. The molecule has 0 spiro atoms. The van der Waals surface area contributed by atoms with Crippen LogP contribution in [0.25, 0.3) is 0 Å². The van der Waals surface area contributed by atoms with E-state index >= 15 is 0 Å². The summed E-state index contributed by atoms with van der Waals surface area (Å²) in [5.74, 6) is -0.155. The molecule has 2 heterocycles. The highest BCUT2D eigenvalue weighted by atomic mass is 32.2. The molecule has 0 aliphatic carbocycles. The van der Waals surface area contributed by atoms with E-state index in [1.54, 1.807) is 0 Å². The number of benzene rings is 1. The summed E-state index contributed by atoms with van der Waals surface area (Å²) >= 11 is 0. The van der Waals surface area contributed by atoms with Crippen LogP contribution in [0.2, 0.25) is 0 Å². The van der Waals surface area contributed by atoms with Gasteiger partial charge >= 0.3 is 0 Å². The average molecular weight is 396 g/mol. The van der Waals surface area contributed by atoms with E-state index in [2.05, 4.69) is 10.6 Å². The minimum atomic E-state index is -4.00. The molecule has 2 unspecified atom stereocenters. The van der Waals surface area contributed by atoms with Crippen LogP contribution in [0.1, 0.15) is 25.7 Å². The molecule has 3 rings (SSSR count). The molecule has 0 aromatic heterocycles. The first-order valence-corrected chi connectivity index (χ1v) is 10.6. The number of nitro groups is 1. The summed E-state index contributed by atoms with van der Waals surface area (Å²) in [6.07, 6.45) is 3.05. The second kappa shape index (κ2) is 8.32. The Bertz CT molecular complexity index is 807. The maximum Gasteiger partial charge on any atom is 0.289 e. The van der Waals surface area contributed by atoms with Crippen molar-refractivity contribution in [1.82, 2.24) is 14.9 Å². The number of carbonyl (C=O) groups is 1. The summed E-state index contributed by atoms with van der Waals surface area (Å²) in [7, 11) is -4.00. The Balaban J connectivity index is 1.72. The molecule has 1 aromatic carbocycles. The van der Waals surface area contributed by atoms with Gasteiger partial charge in [-0.3, -0.25) is 14.9 Å². The first-order chi connectivity index (χ1) is 12.9. The quantitative estimate of drug-likeness (QED) is 0.562. The second-order valence-corrected chi connectivity index (χ2v) is 8.89. The van der Waals surface area contributed by atoms with E-state index in [9.17, 15) is 23.3 Å². The number of sulfonamides is 1. The Morgan fingerprint density at radius 3 is 2.74 bits per heavy atom. The fourth-order valence-corrected chi connectivity index (χ4v) is 5.32. The molecule has 0 radical (unpaired) electrons. The number of hydrogen-bond donors (Lipinski definition) is 2. The number of nitro benzene ring substituents is 1. The Morgan fingerprint density at radius 1 is 1.26 bits per heavy atom. The van der Waals surface area contributed by atoms with Gasteiger partial charge in [-0.15, -0.1) is 0 Å². The van der Waals surface area contributed by atoms with Crippen LogP contribution in [0.15, 0.2) is 29.2 Å². The summed E-state index contributed by atoms with van der Waals surface area (Å²) in [6, 6.07) is 5.06. The molecule has 9 nitrogen and oxygen atoms in total. The maximum absolute atomic E-state index is 12.9. The molecular weight excluding hydrogens is 372 g/mol. The Labute approximate surface area is 158 Å². The lowest BCUT2D eigenvalue weighted by Crippen LogP contribution is -2.52. The van der Waals surface area contributed by atoms with Gasteiger partial charge in [-0.25, -0.2) is 8.42 Å². The van der Waals surface area contributed by atoms with Gasteiger partial charge in [-0.1, -0.05) is 12.1 Å². The van der Waals surface area contributed by atoms with Gasteiger partial charge in [0.15, 0.2) is 4.90 Å². The molecule has 10 heteroatoms. The molecule has 27 heavy (non-hydrogen) atoms. The minimum Gasteiger partial charge on any atom is -0.352 e. The van der Waals surface area contributed by atoms with Crippen molar-refractivity contribution in [2.45, 2.75) is 36.6 Å². The van der Waals surface area contributed by atoms with E-state index < -0.39 is 20.6 Å². The van der Waals surface area contributed by atoms with Crippen LogP contribution in [-0.4, -0.2) is 55.8 Å². The van der Waals surface area contributed by atoms with Gasteiger partial charge in [-0.2, -0.15) is 4.31 Å². The topological polar surface area (TPSA) is 122 Å². The van der Waals surface area contributed by atoms with E-state index in [0.717, 1.165) is 19.4 Å². The fourth-order valence-electron chi connectivity index (χ4n) is 3.64. The Hall–Kier alpha value is -2.04. The van der Waals surface area contributed by atoms with Gasteiger partial charge in [-0.05, 0) is 38.3 Å². The highest BCUT2D eigenvalue weighted by Gasteiger charge is 2.35. The first kappa shape index (κ1) is 19.7. The monoisotopic (exact) mass is 396 g/mol. The number of amides is 1.